The van der Waals surface area contributed by atoms with Gasteiger partial charge >= 0.3 is 0 Å². The van der Waals surface area contributed by atoms with Crippen LogP contribution in [0.5, 0.6) is 0 Å². The molecule has 2 aromatic heterocycles. The number of aromatic amines is 1. The lowest BCUT2D eigenvalue weighted by atomic mass is 10.0. The van der Waals surface area contributed by atoms with Gasteiger partial charge in [0.15, 0.2) is 0 Å². The number of nitrogens with one attached hydrogen (secondary N) is 1. The molecule has 17 heavy (non-hydrogen) atoms. The summed E-state index contributed by atoms with van der Waals surface area (Å²) >= 11 is 0. The zero-order chi connectivity index (χ0) is 11.7. The van der Waals surface area contributed by atoms with Crippen molar-refractivity contribution in [1.29, 1.82) is 0 Å². The van der Waals surface area contributed by atoms with Gasteiger partial charge in [-0.1, -0.05) is 23.4 Å². The lowest BCUT2D eigenvalue weighted by Crippen LogP contribution is -2.03. The summed E-state index contributed by atoms with van der Waals surface area (Å²) < 4.78 is 4.90. The van der Waals surface area contributed by atoms with Gasteiger partial charge in [0.05, 0.1) is 17.5 Å². The number of nitrogens with zero attached hydrogens (tertiary/aromatic N) is 1. The molecule has 1 aromatic carbocycles. The standard InChI is InChI=1S/C13H13N3O/c14-6-5-11-10-3-1-2-4-12(10)16-13(11)9-7-15-17-8-9/h1-4,7-8,16H,5-6,14H2. The third-order valence-electron chi connectivity index (χ3n) is 2.93. The fraction of sp³-hybridized carbons (Fsp3) is 0.154. The van der Waals surface area contributed by atoms with Gasteiger partial charge in [-0.15, -0.1) is 0 Å². The summed E-state index contributed by atoms with van der Waals surface area (Å²) in [5, 5.41) is 4.96. The molecule has 4 nitrogen and oxygen atoms in total. The Morgan fingerprint density at radius 2 is 2.18 bits per heavy atom. The van der Waals surface area contributed by atoms with Crippen LogP contribution in [-0.4, -0.2) is 16.7 Å². The molecule has 3 N–H and O–H groups in total. The van der Waals surface area contributed by atoms with Gasteiger partial charge in [0.2, 0.25) is 0 Å². The zero-order valence-corrected chi connectivity index (χ0v) is 9.31. The number of hydrogen-bond donors (Lipinski definition) is 2. The first-order valence-electron chi connectivity index (χ1n) is 5.59. The Morgan fingerprint density at radius 3 is 2.94 bits per heavy atom. The number of aromatic nitrogens is 2. The van der Waals surface area contributed by atoms with E-state index in [4.69, 9.17) is 10.3 Å². The fourth-order valence-electron chi connectivity index (χ4n) is 2.18. The maximum atomic E-state index is 5.68. The van der Waals surface area contributed by atoms with Crippen LogP contribution in [0.3, 0.4) is 0 Å². The molecule has 3 aromatic rings. The van der Waals surface area contributed by atoms with Crippen LogP contribution in [0.2, 0.25) is 0 Å². The van der Waals surface area contributed by atoms with E-state index in [1.54, 1.807) is 12.5 Å². The lowest BCUT2D eigenvalue weighted by molar-refractivity contribution is 0.420. The van der Waals surface area contributed by atoms with Crippen LogP contribution in [0.25, 0.3) is 22.2 Å². The van der Waals surface area contributed by atoms with E-state index in [-0.39, 0.29) is 0 Å². The Kier molecular flexibility index (Phi) is 2.42. The molecule has 0 spiro atoms. The van der Waals surface area contributed by atoms with Gasteiger partial charge in [-0.05, 0) is 24.6 Å². The largest absolute Gasteiger partial charge is 0.364 e. The number of H-pyrrole nitrogens is 1. The van der Waals surface area contributed by atoms with E-state index in [0.29, 0.717) is 6.54 Å². The van der Waals surface area contributed by atoms with Crippen molar-refractivity contribution >= 4 is 10.9 Å². The molecular formula is C13H13N3O. The van der Waals surface area contributed by atoms with Crippen molar-refractivity contribution in [1.82, 2.24) is 10.1 Å². The van der Waals surface area contributed by atoms with Crippen molar-refractivity contribution in [2.75, 3.05) is 6.54 Å². The van der Waals surface area contributed by atoms with E-state index in [9.17, 15) is 0 Å². The van der Waals surface area contributed by atoms with Crippen molar-refractivity contribution in [3.8, 4) is 11.3 Å². The molecule has 86 valence electrons. The highest BCUT2D eigenvalue weighted by Crippen LogP contribution is 2.30. The molecule has 4 heteroatoms. The molecule has 0 atom stereocenters. The monoisotopic (exact) mass is 227 g/mol. The van der Waals surface area contributed by atoms with Gasteiger partial charge in [0, 0.05) is 10.9 Å². The van der Waals surface area contributed by atoms with Gasteiger partial charge in [0.25, 0.3) is 0 Å². The molecule has 0 fully saturated rings. The summed E-state index contributed by atoms with van der Waals surface area (Å²) in [4.78, 5) is 3.40. The number of rotatable bonds is 3. The maximum Gasteiger partial charge on any atom is 0.133 e. The summed E-state index contributed by atoms with van der Waals surface area (Å²) in [5.74, 6) is 0. The van der Waals surface area contributed by atoms with Crippen molar-refractivity contribution in [3.63, 3.8) is 0 Å². The molecule has 2 heterocycles. The van der Waals surface area contributed by atoms with Crippen molar-refractivity contribution in [2.24, 2.45) is 5.73 Å². The first-order valence-corrected chi connectivity index (χ1v) is 5.59. The van der Waals surface area contributed by atoms with Gasteiger partial charge in [-0.3, -0.25) is 0 Å². The van der Waals surface area contributed by atoms with Crippen LogP contribution < -0.4 is 5.73 Å². The van der Waals surface area contributed by atoms with Crippen molar-refractivity contribution in [3.05, 3.63) is 42.3 Å². The summed E-state index contributed by atoms with van der Waals surface area (Å²) in [6.45, 7) is 0.625. The number of nitrogens with two attached hydrogens (primary N) is 1. The Hall–Kier alpha value is -2.07. The molecule has 0 bridgehead atoms. The minimum atomic E-state index is 0.625. The van der Waals surface area contributed by atoms with Crippen LogP contribution in [0, 0.1) is 0 Å². The van der Waals surface area contributed by atoms with Crippen LogP contribution >= 0.6 is 0 Å². The van der Waals surface area contributed by atoms with Crippen molar-refractivity contribution < 1.29 is 4.52 Å². The highest BCUT2D eigenvalue weighted by atomic mass is 16.5. The zero-order valence-electron chi connectivity index (χ0n) is 9.31. The van der Waals surface area contributed by atoms with E-state index < -0.39 is 0 Å². The van der Waals surface area contributed by atoms with E-state index in [2.05, 4.69) is 22.3 Å². The SMILES string of the molecule is NCCc1c(-c2cnoc2)[nH]c2ccccc12. The van der Waals surface area contributed by atoms with Gasteiger partial charge < -0.3 is 15.2 Å². The summed E-state index contributed by atoms with van der Waals surface area (Å²) in [6, 6.07) is 8.22. The molecule has 0 aliphatic rings. The first kappa shape index (κ1) is 10.1. The van der Waals surface area contributed by atoms with E-state index in [1.165, 1.54) is 10.9 Å². The summed E-state index contributed by atoms with van der Waals surface area (Å²) in [6.07, 6.45) is 4.19. The van der Waals surface area contributed by atoms with Crippen LogP contribution in [0.4, 0.5) is 0 Å². The predicted molar refractivity (Wildman–Crippen MR) is 66.6 cm³/mol. The molecule has 0 saturated carbocycles. The third kappa shape index (κ3) is 1.62. The second-order valence-electron chi connectivity index (χ2n) is 3.98. The molecule has 3 rings (SSSR count). The smallest absolute Gasteiger partial charge is 0.133 e. The van der Waals surface area contributed by atoms with Gasteiger partial charge in [0.1, 0.15) is 6.26 Å². The summed E-state index contributed by atoms with van der Waals surface area (Å²) in [7, 11) is 0. The average molecular weight is 227 g/mol. The minimum absolute atomic E-state index is 0.625. The molecule has 0 saturated heterocycles. The van der Waals surface area contributed by atoms with Gasteiger partial charge in [-0.2, -0.15) is 0 Å². The molecule has 0 aliphatic heterocycles. The molecule has 0 amide bonds. The molecule has 0 aliphatic carbocycles. The quantitative estimate of drug-likeness (QED) is 0.721. The number of para-hydroxylation sites is 1. The Morgan fingerprint density at radius 1 is 1.29 bits per heavy atom. The second kappa shape index (κ2) is 4.07. The normalized spacial score (nSPS) is 11.1. The van der Waals surface area contributed by atoms with Crippen LogP contribution in [0.1, 0.15) is 5.56 Å². The van der Waals surface area contributed by atoms with E-state index in [1.807, 2.05) is 12.1 Å². The van der Waals surface area contributed by atoms with Crippen molar-refractivity contribution in [2.45, 2.75) is 6.42 Å². The lowest BCUT2D eigenvalue weighted by Gasteiger charge is -1.99. The highest BCUT2D eigenvalue weighted by Gasteiger charge is 2.13. The number of hydrogen-bond acceptors (Lipinski definition) is 3. The molecule has 0 radical (unpaired) electrons. The molecule has 0 unspecified atom stereocenters. The van der Waals surface area contributed by atoms with E-state index >= 15 is 0 Å². The minimum Gasteiger partial charge on any atom is -0.364 e. The number of benzene rings is 1. The Labute approximate surface area is 98.4 Å². The second-order valence-corrected chi connectivity index (χ2v) is 3.98. The topological polar surface area (TPSA) is 67.8 Å². The van der Waals surface area contributed by atoms with Crippen LogP contribution in [-0.2, 0) is 6.42 Å². The van der Waals surface area contributed by atoms with Gasteiger partial charge in [-0.25, -0.2) is 0 Å². The average Bonchev–Trinajstić information content (AvgIpc) is 2.97. The molecular weight excluding hydrogens is 214 g/mol. The highest BCUT2D eigenvalue weighted by molar-refractivity contribution is 5.90. The Bertz CT molecular complexity index is 625. The predicted octanol–water partition coefficient (Wildman–Crippen LogP) is 2.32. The van der Waals surface area contributed by atoms with Crippen LogP contribution in [0.15, 0.2) is 41.2 Å². The fourth-order valence-corrected chi connectivity index (χ4v) is 2.18. The Balaban J connectivity index is 2.26. The maximum absolute atomic E-state index is 5.68. The van der Waals surface area contributed by atoms with E-state index in [0.717, 1.165) is 23.2 Å². The summed E-state index contributed by atoms with van der Waals surface area (Å²) in [5.41, 5.74) is 10.0. The number of fused-ring (bicyclic) bond motifs is 1. The first-order chi connectivity index (χ1) is 8.40. The third-order valence-corrected chi connectivity index (χ3v) is 2.93.